The van der Waals surface area contributed by atoms with Crippen LogP contribution in [0.3, 0.4) is 0 Å². The third-order valence-corrected chi connectivity index (χ3v) is 8.89. The first-order valence-corrected chi connectivity index (χ1v) is 18.4. The van der Waals surface area contributed by atoms with Gasteiger partial charge in [0.15, 0.2) is 12.2 Å². The summed E-state index contributed by atoms with van der Waals surface area (Å²) in [6.45, 7) is 6.73. The lowest BCUT2D eigenvalue weighted by atomic mass is 9.73. The van der Waals surface area contributed by atoms with E-state index >= 15 is 0 Å². The molecule has 55 heavy (non-hydrogen) atoms. The second-order valence-corrected chi connectivity index (χ2v) is 14.7. The molecular formula is C37H49Cl3N3O11S-3. The minimum atomic E-state index is -3.75. The van der Waals surface area contributed by atoms with Crippen LogP contribution in [-0.2, 0) is 53.7 Å². The predicted molar refractivity (Wildman–Crippen MR) is 193 cm³/mol. The van der Waals surface area contributed by atoms with E-state index in [0.29, 0.717) is 11.5 Å². The van der Waals surface area contributed by atoms with E-state index in [0.717, 1.165) is 28.5 Å². The van der Waals surface area contributed by atoms with Crippen molar-refractivity contribution in [1.82, 2.24) is 0 Å². The second kappa shape index (κ2) is 23.4. The summed E-state index contributed by atoms with van der Waals surface area (Å²) in [5.41, 5.74) is 19.4. The average Bonchev–Trinajstić information content (AvgIpc) is 3.13. The van der Waals surface area contributed by atoms with Gasteiger partial charge in [-0.3, -0.25) is 18.6 Å². The van der Waals surface area contributed by atoms with Gasteiger partial charge >= 0.3 is 17.9 Å². The summed E-state index contributed by atoms with van der Waals surface area (Å²) >= 11 is 0. The Morgan fingerprint density at radius 3 is 1.33 bits per heavy atom. The van der Waals surface area contributed by atoms with E-state index in [-0.39, 0.29) is 82.1 Å². The number of hydrogen-bond acceptors (Lipinski definition) is 14. The highest BCUT2D eigenvalue weighted by molar-refractivity contribution is 7.85. The third-order valence-electron chi connectivity index (χ3n) is 8.32. The van der Waals surface area contributed by atoms with Crippen molar-refractivity contribution in [3.63, 3.8) is 0 Å². The molecule has 0 radical (unpaired) electrons. The van der Waals surface area contributed by atoms with Crippen molar-refractivity contribution >= 4 is 28.0 Å². The quantitative estimate of drug-likeness (QED) is 0.0548. The Morgan fingerprint density at radius 1 is 0.582 bits per heavy atom. The van der Waals surface area contributed by atoms with Crippen molar-refractivity contribution in [2.45, 2.75) is 50.7 Å². The van der Waals surface area contributed by atoms with E-state index in [9.17, 15) is 22.8 Å². The Bertz CT molecular complexity index is 1760. The number of halogens is 3. The Kier molecular flexibility index (Phi) is 21.8. The highest BCUT2D eigenvalue weighted by Gasteiger charge is 2.28. The monoisotopic (exact) mass is 848 g/mol. The predicted octanol–water partition coefficient (Wildman–Crippen LogP) is -6.67. The standard InChI is InChI=1S/C37H49N3O11S.3ClH/c1-36(2,25-9-13-29(14-10-25)46-21-31(50-34(42)19-39)23-48-33(41)18-38)27-7-6-8-28(17-27)37(3,4)26-11-15-30(16-12-26)47-22-32(51-35(43)20-40)24-49-52(5,44)45;;;/h6-17,31-32H,18-24,38-40H2,1-5H3;3*1H/p-3. The number of esters is 3. The Hall–Kier alpha value is -3.67. The zero-order valence-corrected chi connectivity index (χ0v) is 34.4. The SMILES string of the molecule is CC(C)(c1ccc(OCC(COC(=O)CN)OC(=O)CN)cc1)c1cccc(C(C)(C)c2ccc(OCC(COS(C)(=O)=O)OC(=O)CN)cc2)c1.[Cl-].[Cl-].[Cl-]. The molecule has 14 nitrogen and oxygen atoms in total. The number of rotatable bonds is 20. The van der Waals surface area contributed by atoms with Crippen LogP contribution in [0.5, 0.6) is 11.5 Å². The van der Waals surface area contributed by atoms with Gasteiger partial charge in [0, 0.05) is 10.8 Å². The van der Waals surface area contributed by atoms with Crippen LogP contribution in [0, 0.1) is 0 Å². The normalized spacial score (nSPS) is 12.4. The molecule has 0 aromatic heterocycles. The van der Waals surface area contributed by atoms with Crippen LogP contribution in [0.1, 0.15) is 49.9 Å². The van der Waals surface area contributed by atoms with E-state index in [1.807, 2.05) is 42.5 Å². The van der Waals surface area contributed by atoms with Gasteiger partial charge < -0.3 is 78.1 Å². The fourth-order valence-corrected chi connectivity index (χ4v) is 5.49. The molecule has 0 fully saturated rings. The molecule has 0 bridgehead atoms. The van der Waals surface area contributed by atoms with Crippen molar-refractivity contribution < 1.29 is 87.9 Å². The molecule has 3 aromatic rings. The fraction of sp³-hybridized carbons (Fsp3) is 0.432. The molecule has 6 N–H and O–H groups in total. The molecule has 18 heteroatoms. The fourth-order valence-electron chi connectivity index (χ4n) is 5.09. The summed E-state index contributed by atoms with van der Waals surface area (Å²) in [6.07, 6.45) is -0.927. The maximum Gasteiger partial charge on any atom is 0.320 e. The second-order valence-electron chi connectivity index (χ2n) is 13.0. The van der Waals surface area contributed by atoms with E-state index in [2.05, 4.69) is 45.9 Å². The van der Waals surface area contributed by atoms with Gasteiger partial charge in [-0.1, -0.05) is 76.2 Å². The van der Waals surface area contributed by atoms with Crippen molar-refractivity contribution in [2.24, 2.45) is 17.2 Å². The summed E-state index contributed by atoms with van der Waals surface area (Å²) < 4.78 is 54.7. The molecule has 2 unspecified atom stereocenters. The van der Waals surface area contributed by atoms with Crippen molar-refractivity contribution in [3.05, 3.63) is 95.1 Å². The molecule has 3 rings (SSSR count). The van der Waals surface area contributed by atoms with E-state index in [4.69, 9.17) is 45.1 Å². The Labute approximate surface area is 341 Å². The van der Waals surface area contributed by atoms with Crippen LogP contribution in [0.15, 0.2) is 72.8 Å². The number of benzene rings is 3. The molecule has 0 saturated heterocycles. The molecule has 0 heterocycles. The average molecular weight is 850 g/mol. The summed E-state index contributed by atoms with van der Waals surface area (Å²) in [4.78, 5) is 34.9. The first kappa shape index (κ1) is 51.3. The molecule has 3 aromatic carbocycles. The third kappa shape index (κ3) is 16.1. The number of nitrogens with two attached hydrogens (primary N) is 3. The molecule has 0 aliphatic rings. The van der Waals surface area contributed by atoms with E-state index in [1.54, 1.807) is 12.1 Å². The molecule has 308 valence electrons. The van der Waals surface area contributed by atoms with Crippen molar-refractivity contribution in [1.29, 1.82) is 0 Å². The van der Waals surface area contributed by atoms with Crippen LogP contribution >= 0.6 is 0 Å². The molecule has 2 atom stereocenters. The maximum absolute atomic E-state index is 11.7. The van der Waals surface area contributed by atoms with Gasteiger partial charge in [0.25, 0.3) is 10.1 Å². The zero-order chi connectivity index (χ0) is 38.5. The summed E-state index contributed by atoms with van der Waals surface area (Å²) in [5, 5.41) is 0. The van der Waals surface area contributed by atoms with Gasteiger partial charge in [-0.05, 0) is 46.5 Å². The maximum atomic E-state index is 11.7. The Morgan fingerprint density at radius 2 is 0.964 bits per heavy atom. The number of ether oxygens (including phenoxy) is 5. The minimum absolute atomic E-state index is 0. The number of carbonyl (C=O) groups is 3. The zero-order valence-electron chi connectivity index (χ0n) is 31.3. The molecule has 0 saturated carbocycles. The summed E-state index contributed by atoms with van der Waals surface area (Å²) in [6, 6.07) is 23.5. The highest BCUT2D eigenvalue weighted by atomic mass is 35.5. The van der Waals surface area contributed by atoms with E-state index in [1.165, 1.54) is 0 Å². The lowest BCUT2D eigenvalue weighted by Crippen LogP contribution is -3.00. The van der Waals surface area contributed by atoms with Crippen LogP contribution in [0.4, 0.5) is 0 Å². The summed E-state index contributed by atoms with van der Waals surface area (Å²) in [7, 11) is -3.75. The Balaban J connectivity index is 0.00000972. The van der Waals surface area contributed by atoms with Crippen molar-refractivity contribution in [2.75, 3.05) is 52.3 Å². The first-order valence-electron chi connectivity index (χ1n) is 16.5. The minimum Gasteiger partial charge on any atom is -1.00 e. The topological polar surface area (TPSA) is 219 Å². The molecule has 0 spiro atoms. The number of carbonyl (C=O) groups excluding carboxylic acids is 3. The number of hydrogen-bond donors (Lipinski definition) is 3. The molecule has 0 aliphatic heterocycles. The largest absolute Gasteiger partial charge is 1.00 e. The lowest BCUT2D eigenvalue weighted by Gasteiger charge is -2.31. The lowest BCUT2D eigenvalue weighted by molar-refractivity contribution is -0.158. The van der Waals surface area contributed by atoms with Gasteiger partial charge in [0.2, 0.25) is 0 Å². The van der Waals surface area contributed by atoms with Gasteiger partial charge in [0.1, 0.15) is 37.9 Å². The van der Waals surface area contributed by atoms with E-state index < -0.39 is 52.3 Å². The van der Waals surface area contributed by atoms with Gasteiger partial charge in [0.05, 0.1) is 25.9 Å². The highest BCUT2D eigenvalue weighted by Crippen LogP contribution is 2.37. The van der Waals surface area contributed by atoms with Crippen LogP contribution in [0.25, 0.3) is 0 Å². The smallest absolute Gasteiger partial charge is 0.320 e. The van der Waals surface area contributed by atoms with Gasteiger partial charge in [-0.2, -0.15) is 8.42 Å². The van der Waals surface area contributed by atoms with Crippen LogP contribution in [-0.4, -0.2) is 90.9 Å². The van der Waals surface area contributed by atoms with Crippen LogP contribution < -0.4 is 63.9 Å². The summed E-state index contributed by atoms with van der Waals surface area (Å²) in [5.74, 6) is -0.959. The van der Waals surface area contributed by atoms with Gasteiger partial charge in [-0.15, -0.1) is 0 Å². The first-order chi connectivity index (χ1) is 24.5. The molecular weight excluding hydrogens is 801 g/mol. The van der Waals surface area contributed by atoms with Crippen LogP contribution in [0.2, 0.25) is 0 Å². The molecule has 0 amide bonds. The molecule has 0 aliphatic carbocycles. The van der Waals surface area contributed by atoms with Gasteiger partial charge in [-0.25, -0.2) is 0 Å². The van der Waals surface area contributed by atoms with Crippen molar-refractivity contribution in [3.8, 4) is 11.5 Å².